The first kappa shape index (κ1) is 14.1. The van der Waals surface area contributed by atoms with E-state index in [4.69, 9.17) is 0 Å². The smallest absolute Gasteiger partial charge is 0.378 e. The lowest BCUT2D eigenvalue weighted by atomic mass is 9.85. The van der Waals surface area contributed by atoms with Crippen molar-refractivity contribution < 1.29 is 22.0 Å². The van der Waals surface area contributed by atoms with E-state index in [2.05, 4.69) is 5.32 Å². The summed E-state index contributed by atoms with van der Waals surface area (Å²) in [5, 5.41) is 2.67. The molecule has 2 rings (SSSR count). The molecule has 0 aliphatic heterocycles. The summed E-state index contributed by atoms with van der Waals surface area (Å²) < 4.78 is 64.2. The van der Waals surface area contributed by atoms with Crippen molar-refractivity contribution >= 4 is 5.69 Å². The topological polar surface area (TPSA) is 12.0 Å². The number of nitrogens with one attached hydrogen (secondary N) is 1. The number of benzene rings is 1. The van der Waals surface area contributed by atoms with E-state index in [0.717, 1.165) is 12.1 Å². The van der Waals surface area contributed by atoms with Gasteiger partial charge in [0.15, 0.2) is 0 Å². The zero-order valence-corrected chi connectivity index (χ0v) is 10.1. The van der Waals surface area contributed by atoms with Gasteiger partial charge < -0.3 is 5.32 Å². The van der Waals surface area contributed by atoms with Crippen LogP contribution in [0.4, 0.5) is 27.6 Å². The number of anilines is 1. The highest BCUT2D eigenvalue weighted by Crippen LogP contribution is 2.38. The summed E-state index contributed by atoms with van der Waals surface area (Å²) in [5.74, 6) is -2.74. The van der Waals surface area contributed by atoms with Gasteiger partial charge in [0.25, 0.3) is 0 Å². The monoisotopic (exact) mass is 279 g/mol. The van der Waals surface area contributed by atoms with Crippen molar-refractivity contribution in [1.82, 2.24) is 0 Å². The Kier molecular flexibility index (Phi) is 3.96. The molecule has 19 heavy (non-hydrogen) atoms. The molecule has 0 amide bonds. The second-order valence-corrected chi connectivity index (χ2v) is 4.83. The first-order valence-corrected chi connectivity index (χ1v) is 6.15. The Labute approximate surface area is 107 Å². The second-order valence-electron chi connectivity index (χ2n) is 4.83. The van der Waals surface area contributed by atoms with E-state index in [1.807, 2.05) is 0 Å². The van der Waals surface area contributed by atoms with Crippen molar-refractivity contribution in [3.05, 3.63) is 29.8 Å². The minimum absolute atomic E-state index is 0.00274. The van der Waals surface area contributed by atoms with E-state index < -0.39 is 23.7 Å². The number of rotatable bonds is 2. The zero-order chi connectivity index (χ0) is 14.0. The maximum absolute atomic E-state index is 13.4. The molecule has 1 saturated carbocycles. The molecule has 1 nitrogen and oxygen atoms in total. The van der Waals surface area contributed by atoms with Crippen LogP contribution in [0, 0.1) is 17.6 Å². The molecular formula is C13H14F5N. The predicted octanol–water partition coefficient (Wildman–Crippen LogP) is 4.50. The number of hydrogen-bond acceptors (Lipinski definition) is 1. The summed E-state index contributed by atoms with van der Waals surface area (Å²) in [4.78, 5) is 0. The lowest BCUT2D eigenvalue weighted by Crippen LogP contribution is -2.33. The van der Waals surface area contributed by atoms with E-state index in [1.165, 1.54) is 6.07 Å². The molecule has 0 atom stereocenters. The minimum Gasteiger partial charge on any atom is -0.378 e. The molecule has 1 N–H and O–H groups in total. The van der Waals surface area contributed by atoms with Gasteiger partial charge in [0.1, 0.15) is 17.3 Å². The minimum atomic E-state index is -4.17. The summed E-state index contributed by atoms with van der Waals surface area (Å²) >= 11 is 0. The molecule has 1 fully saturated rings. The highest BCUT2D eigenvalue weighted by atomic mass is 19.4. The maximum atomic E-state index is 13.4. The van der Waals surface area contributed by atoms with Gasteiger partial charge in [-0.15, -0.1) is 0 Å². The molecule has 1 aliphatic carbocycles. The van der Waals surface area contributed by atoms with Crippen LogP contribution in [0.15, 0.2) is 18.2 Å². The van der Waals surface area contributed by atoms with Crippen molar-refractivity contribution in [3.8, 4) is 0 Å². The maximum Gasteiger partial charge on any atom is 0.391 e. The first-order chi connectivity index (χ1) is 8.88. The summed E-state index contributed by atoms with van der Waals surface area (Å²) in [6.07, 6.45) is -3.65. The summed E-state index contributed by atoms with van der Waals surface area (Å²) in [5.41, 5.74) is -0.252. The molecule has 0 radical (unpaired) electrons. The molecule has 0 aromatic heterocycles. The summed E-state index contributed by atoms with van der Waals surface area (Å²) in [6, 6.07) is 3.17. The van der Waals surface area contributed by atoms with Gasteiger partial charge in [-0.1, -0.05) is 6.07 Å². The van der Waals surface area contributed by atoms with Gasteiger partial charge in [-0.3, -0.25) is 0 Å². The molecule has 0 unspecified atom stereocenters. The van der Waals surface area contributed by atoms with Crippen LogP contribution in [-0.4, -0.2) is 12.2 Å². The third kappa shape index (κ3) is 3.36. The fourth-order valence-electron chi connectivity index (χ4n) is 2.40. The number of hydrogen-bond donors (Lipinski definition) is 1. The molecule has 1 aliphatic rings. The van der Waals surface area contributed by atoms with Crippen LogP contribution in [-0.2, 0) is 0 Å². The highest BCUT2D eigenvalue weighted by molar-refractivity contribution is 5.46. The van der Waals surface area contributed by atoms with Crippen molar-refractivity contribution in [1.29, 1.82) is 0 Å². The molecule has 0 spiro atoms. The Morgan fingerprint density at radius 2 is 1.47 bits per heavy atom. The predicted molar refractivity (Wildman–Crippen MR) is 61.8 cm³/mol. The third-order valence-electron chi connectivity index (χ3n) is 3.50. The van der Waals surface area contributed by atoms with Gasteiger partial charge in [-0.2, -0.15) is 13.2 Å². The molecule has 1 aromatic rings. The van der Waals surface area contributed by atoms with Gasteiger partial charge in [0, 0.05) is 6.04 Å². The Hall–Kier alpha value is -1.33. The molecule has 6 heteroatoms. The van der Waals surface area contributed by atoms with Gasteiger partial charge in [0.05, 0.1) is 5.92 Å². The lowest BCUT2D eigenvalue weighted by molar-refractivity contribution is -0.182. The van der Waals surface area contributed by atoms with E-state index in [1.54, 1.807) is 0 Å². The first-order valence-electron chi connectivity index (χ1n) is 6.15. The average Bonchev–Trinajstić information content (AvgIpc) is 2.33. The van der Waals surface area contributed by atoms with Crippen LogP contribution in [0.5, 0.6) is 0 Å². The van der Waals surface area contributed by atoms with Gasteiger partial charge in [-0.05, 0) is 37.8 Å². The Morgan fingerprint density at radius 3 is 1.95 bits per heavy atom. The lowest BCUT2D eigenvalue weighted by Gasteiger charge is -2.31. The normalized spacial score (nSPS) is 24.3. The Bertz CT molecular complexity index is 415. The van der Waals surface area contributed by atoms with Crippen molar-refractivity contribution in [3.63, 3.8) is 0 Å². The third-order valence-corrected chi connectivity index (χ3v) is 3.50. The van der Waals surface area contributed by atoms with Crippen molar-refractivity contribution in [2.45, 2.75) is 37.9 Å². The van der Waals surface area contributed by atoms with Gasteiger partial charge in [-0.25, -0.2) is 8.78 Å². The summed E-state index contributed by atoms with van der Waals surface area (Å²) in [6.45, 7) is 0. The van der Waals surface area contributed by atoms with Crippen LogP contribution in [0.3, 0.4) is 0 Å². The molecule has 0 saturated heterocycles. The highest BCUT2D eigenvalue weighted by Gasteiger charge is 2.41. The van der Waals surface area contributed by atoms with Crippen molar-refractivity contribution in [2.75, 3.05) is 5.32 Å². The van der Waals surface area contributed by atoms with Gasteiger partial charge in [0.2, 0.25) is 0 Å². The van der Waals surface area contributed by atoms with Crippen LogP contribution in [0.2, 0.25) is 0 Å². The van der Waals surface area contributed by atoms with Crippen molar-refractivity contribution in [2.24, 2.45) is 5.92 Å². The van der Waals surface area contributed by atoms with E-state index in [9.17, 15) is 22.0 Å². The van der Waals surface area contributed by atoms with Crippen LogP contribution >= 0.6 is 0 Å². The summed E-state index contributed by atoms with van der Waals surface area (Å²) in [7, 11) is 0. The van der Waals surface area contributed by atoms with E-state index in [0.29, 0.717) is 0 Å². The van der Waals surface area contributed by atoms with Gasteiger partial charge >= 0.3 is 6.18 Å². The largest absolute Gasteiger partial charge is 0.391 e. The molecule has 106 valence electrons. The molecular weight excluding hydrogens is 265 g/mol. The van der Waals surface area contributed by atoms with Crippen LogP contribution in [0.25, 0.3) is 0 Å². The standard InChI is InChI=1S/C13H14F5N/c14-10-2-1-3-11(15)12(10)19-9-6-4-8(5-7-9)13(16,17)18/h1-3,8-9,19H,4-7H2. The molecule has 0 bridgehead atoms. The zero-order valence-electron chi connectivity index (χ0n) is 10.1. The SMILES string of the molecule is Fc1cccc(F)c1NC1CCC(C(F)(F)F)CC1. The number of halogens is 5. The van der Waals surface area contributed by atoms with Crippen LogP contribution in [0.1, 0.15) is 25.7 Å². The fraction of sp³-hybridized carbons (Fsp3) is 0.538. The van der Waals surface area contributed by atoms with Crippen LogP contribution < -0.4 is 5.32 Å². The quantitative estimate of drug-likeness (QED) is 0.786. The number of para-hydroxylation sites is 1. The Balaban J connectivity index is 1.96. The van der Waals surface area contributed by atoms with E-state index >= 15 is 0 Å². The average molecular weight is 279 g/mol. The Morgan fingerprint density at radius 1 is 0.947 bits per heavy atom. The molecule has 0 heterocycles. The number of alkyl halides is 3. The fourth-order valence-corrected chi connectivity index (χ4v) is 2.40. The molecule has 1 aromatic carbocycles. The van der Waals surface area contributed by atoms with E-state index in [-0.39, 0.29) is 37.4 Å². The second kappa shape index (κ2) is 5.35.